The molecule has 1 saturated heterocycles. The second-order valence-electron chi connectivity index (χ2n) is 9.86. The maximum absolute atomic E-state index is 13.0. The van der Waals surface area contributed by atoms with Crippen molar-refractivity contribution in [3.05, 3.63) is 35.9 Å². The molecule has 1 spiro atoms. The Kier molecular flexibility index (Phi) is 5.43. The third-order valence-electron chi connectivity index (χ3n) is 7.92. The van der Waals surface area contributed by atoms with Crippen molar-refractivity contribution in [2.24, 2.45) is 17.3 Å². The van der Waals surface area contributed by atoms with Gasteiger partial charge >= 0.3 is 11.9 Å². The second-order valence-corrected chi connectivity index (χ2v) is 9.86. The molecule has 7 heteroatoms. The van der Waals surface area contributed by atoms with E-state index in [4.69, 9.17) is 14.2 Å². The summed E-state index contributed by atoms with van der Waals surface area (Å²) in [6.07, 6.45) is -1.19. The third kappa shape index (κ3) is 3.12. The summed E-state index contributed by atoms with van der Waals surface area (Å²) >= 11 is 0. The van der Waals surface area contributed by atoms with Crippen molar-refractivity contribution < 1.29 is 34.0 Å². The molecule has 1 aromatic rings. The van der Waals surface area contributed by atoms with E-state index < -0.39 is 53.5 Å². The van der Waals surface area contributed by atoms with Crippen LogP contribution in [-0.2, 0) is 19.0 Å². The molecule has 7 nitrogen and oxygen atoms in total. The van der Waals surface area contributed by atoms with E-state index in [-0.39, 0.29) is 11.8 Å². The minimum Gasteiger partial charge on any atom is -0.458 e. The van der Waals surface area contributed by atoms with Gasteiger partial charge in [-0.15, -0.1) is 0 Å². The normalized spacial score (nSPS) is 40.6. The molecule has 1 aliphatic heterocycles. The van der Waals surface area contributed by atoms with Gasteiger partial charge in [0.25, 0.3) is 0 Å². The zero-order chi connectivity index (χ0) is 22.6. The monoisotopic (exact) mass is 432 g/mol. The highest BCUT2D eigenvalue weighted by Crippen LogP contribution is 2.66. The lowest BCUT2D eigenvalue weighted by molar-refractivity contribution is -0.286. The number of carbonyl (C=O) groups excluding carboxylic acids is 2. The largest absolute Gasteiger partial charge is 0.458 e. The van der Waals surface area contributed by atoms with Crippen molar-refractivity contribution in [1.29, 1.82) is 0 Å². The number of fused-ring (bicyclic) bond motifs is 1. The molecule has 2 aliphatic carbocycles. The first kappa shape index (κ1) is 22.2. The van der Waals surface area contributed by atoms with Crippen molar-refractivity contribution >= 4 is 11.9 Å². The van der Waals surface area contributed by atoms with E-state index in [2.05, 4.69) is 6.92 Å². The molecule has 170 valence electrons. The summed E-state index contributed by atoms with van der Waals surface area (Å²) in [6, 6.07) is 8.62. The molecule has 3 aliphatic rings. The van der Waals surface area contributed by atoms with E-state index in [0.29, 0.717) is 18.4 Å². The number of carbonyl (C=O) groups is 2. The molecule has 7 atom stereocenters. The highest BCUT2D eigenvalue weighted by molar-refractivity contribution is 5.89. The molecule has 1 heterocycles. The summed E-state index contributed by atoms with van der Waals surface area (Å²) in [5.74, 6) is -1.34. The van der Waals surface area contributed by atoms with E-state index in [9.17, 15) is 19.8 Å². The summed E-state index contributed by atoms with van der Waals surface area (Å²) in [4.78, 5) is 25.2. The number of hydrogen-bond donors (Lipinski definition) is 2. The van der Waals surface area contributed by atoms with Crippen molar-refractivity contribution in [3.63, 3.8) is 0 Å². The van der Waals surface area contributed by atoms with Gasteiger partial charge in [-0.05, 0) is 51.2 Å². The fourth-order valence-electron chi connectivity index (χ4n) is 6.42. The van der Waals surface area contributed by atoms with Crippen LogP contribution in [0.1, 0.15) is 57.3 Å². The first-order valence-corrected chi connectivity index (χ1v) is 11.0. The van der Waals surface area contributed by atoms with Gasteiger partial charge in [-0.2, -0.15) is 0 Å². The molecular formula is C24H32O7. The van der Waals surface area contributed by atoms with Crippen LogP contribution in [0.2, 0.25) is 0 Å². The van der Waals surface area contributed by atoms with E-state index >= 15 is 0 Å². The van der Waals surface area contributed by atoms with Gasteiger partial charge in [-0.1, -0.05) is 25.1 Å². The summed E-state index contributed by atoms with van der Waals surface area (Å²) in [7, 11) is 0. The van der Waals surface area contributed by atoms with Crippen LogP contribution >= 0.6 is 0 Å². The van der Waals surface area contributed by atoms with E-state index in [1.54, 1.807) is 24.3 Å². The van der Waals surface area contributed by atoms with Crippen LogP contribution in [0.5, 0.6) is 0 Å². The molecule has 1 aromatic carbocycles. The Morgan fingerprint density at radius 2 is 1.84 bits per heavy atom. The van der Waals surface area contributed by atoms with Crippen LogP contribution < -0.4 is 0 Å². The first-order valence-electron chi connectivity index (χ1n) is 11.0. The van der Waals surface area contributed by atoms with Gasteiger partial charge in [0, 0.05) is 12.8 Å². The lowest BCUT2D eigenvalue weighted by Crippen LogP contribution is -2.73. The summed E-state index contributed by atoms with van der Waals surface area (Å²) in [5.41, 5.74) is -2.50. The topological polar surface area (TPSA) is 102 Å². The molecule has 2 saturated carbocycles. The molecule has 0 amide bonds. The van der Waals surface area contributed by atoms with Crippen LogP contribution in [0.3, 0.4) is 0 Å². The van der Waals surface area contributed by atoms with Gasteiger partial charge in [0.2, 0.25) is 0 Å². The molecule has 4 rings (SSSR count). The molecule has 2 N–H and O–H groups in total. The van der Waals surface area contributed by atoms with Gasteiger partial charge < -0.3 is 24.4 Å². The van der Waals surface area contributed by atoms with Gasteiger partial charge in [0.1, 0.15) is 6.10 Å². The number of aliphatic hydroxyl groups excluding tert-OH is 2. The van der Waals surface area contributed by atoms with Crippen LogP contribution in [0.25, 0.3) is 0 Å². The highest BCUT2D eigenvalue weighted by atomic mass is 16.6. The minimum atomic E-state index is -1.29. The van der Waals surface area contributed by atoms with Gasteiger partial charge in [-0.3, -0.25) is 4.79 Å². The Bertz CT molecular complexity index is 853. The van der Waals surface area contributed by atoms with Gasteiger partial charge in [0.05, 0.1) is 34.9 Å². The van der Waals surface area contributed by atoms with E-state index in [1.807, 2.05) is 19.9 Å². The smallest absolute Gasteiger partial charge is 0.338 e. The average Bonchev–Trinajstić information content (AvgIpc) is 2.98. The third-order valence-corrected chi connectivity index (χ3v) is 7.92. The highest BCUT2D eigenvalue weighted by Gasteiger charge is 2.77. The van der Waals surface area contributed by atoms with Crippen LogP contribution in [0, 0.1) is 17.3 Å². The zero-order valence-electron chi connectivity index (χ0n) is 18.5. The van der Waals surface area contributed by atoms with Crippen molar-refractivity contribution in [3.8, 4) is 0 Å². The Hall–Kier alpha value is -1.96. The molecule has 2 bridgehead atoms. The fraction of sp³-hybridized carbons (Fsp3) is 0.667. The number of ether oxygens (including phenoxy) is 3. The van der Waals surface area contributed by atoms with Crippen molar-refractivity contribution in [2.75, 3.05) is 6.61 Å². The second kappa shape index (κ2) is 7.57. The Balaban J connectivity index is 1.84. The maximum Gasteiger partial charge on any atom is 0.338 e. The lowest BCUT2D eigenvalue weighted by atomic mass is 9.49. The SMILES string of the molecule is CC(=O)O[C@H]1[C@H](OC(=O)c2ccccc2)[C@H]2C[C@@]3(OC2(C)C)[C@@H](C)CC[C@@H](O)[C@]13CO. The van der Waals surface area contributed by atoms with Crippen LogP contribution in [0.15, 0.2) is 30.3 Å². The molecule has 3 fully saturated rings. The molecule has 0 radical (unpaired) electrons. The molecular weight excluding hydrogens is 400 g/mol. The van der Waals surface area contributed by atoms with Crippen molar-refractivity contribution in [1.82, 2.24) is 0 Å². The summed E-state index contributed by atoms with van der Waals surface area (Å²) in [5, 5.41) is 22.0. The fourth-order valence-corrected chi connectivity index (χ4v) is 6.42. The average molecular weight is 433 g/mol. The standard InChI is InChI=1S/C24H32O7/c1-14-10-11-18(27)23(13-25)20(29-15(2)26)19(17-12-24(14,23)31-22(17,3)4)30-21(28)16-8-6-5-7-9-16/h5-9,14,17-20,25,27H,10-13H2,1-4H3/t14-,17+,18+,19+,20-,23+,24+/m0/s1. The predicted molar refractivity (Wildman–Crippen MR) is 111 cm³/mol. The maximum atomic E-state index is 13.0. The molecule has 0 aromatic heterocycles. The van der Waals surface area contributed by atoms with E-state index in [0.717, 1.165) is 6.42 Å². The predicted octanol–water partition coefficient (Wildman–Crippen LogP) is 2.48. The Labute approximate surface area is 182 Å². The summed E-state index contributed by atoms with van der Waals surface area (Å²) in [6.45, 7) is 6.76. The Morgan fingerprint density at radius 1 is 1.16 bits per heavy atom. The first-order chi connectivity index (χ1) is 14.6. The van der Waals surface area contributed by atoms with Crippen LogP contribution in [-0.4, -0.2) is 58.3 Å². The zero-order valence-corrected chi connectivity index (χ0v) is 18.5. The van der Waals surface area contributed by atoms with E-state index in [1.165, 1.54) is 6.92 Å². The minimum absolute atomic E-state index is 0.0242. The number of rotatable bonds is 4. The number of aliphatic hydroxyl groups is 2. The number of hydrogen-bond acceptors (Lipinski definition) is 7. The molecule has 31 heavy (non-hydrogen) atoms. The Morgan fingerprint density at radius 3 is 2.45 bits per heavy atom. The van der Waals surface area contributed by atoms with Crippen LogP contribution in [0.4, 0.5) is 0 Å². The summed E-state index contributed by atoms with van der Waals surface area (Å²) < 4.78 is 18.4. The van der Waals surface area contributed by atoms with Crippen molar-refractivity contribution in [2.45, 2.75) is 76.5 Å². The van der Waals surface area contributed by atoms with Gasteiger partial charge in [0.15, 0.2) is 6.10 Å². The number of esters is 2. The number of benzene rings is 1. The quantitative estimate of drug-likeness (QED) is 0.705. The molecule has 0 unspecified atom stereocenters. The lowest BCUT2D eigenvalue weighted by Gasteiger charge is -2.61. The van der Waals surface area contributed by atoms with Gasteiger partial charge in [-0.25, -0.2) is 4.79 Å².